The first kappa shape index (κ1) is 19.9. The van der Waals surface area contributed by atoms with Crippen molar-refractivity contribution in [2.45, 2.75) is 26.7 Å². The number of ether oxygens (including phenoxy) is 2. The first-order chi connectivity index (χ1) is 13.3. The number of hydrogen-bond donors (Lipinski definition) is 1. The van der Waals surface area contributed by atoms with E-state index >= 15 is 0 Å². The average Bonchev–Trinajstić information content (AvgIpc) is 2.66. The molecule has 146 valence electrons. The second-order valence-electron chi connectivity index (χ2n) is 6.68. The van der Waals surface area contributed by atoms with E-state index < -0.39 is 17.9 Å². The lowest BCUT2D eigenvalue weighted by molar-refractivity contribution is -0.137. The summed E-state index contributed by atoms with van der Waals surface area (Å²) in [6, 6.07) is 7.67. The number of dihydropyridines is 1. The topological polar surface area (TPSA) is 77.5 Å². The van der Waals surface area contributed by atoms with E-state index in [1.807, 2.05) is 31.2 Å². The minimum absolute atomic E-state index is 0.214. The van der Waals surface area contributed by atoms with Crippen LogP contribution in [0, 0.1) is 6.92 Å². The molecule has 0 saturated carbocycles. The van der Waals surface area contributed by atoms with Gasteiger partial charge < -0.3 is 14.8 Å². The average molecular weight is 401 g/mol. The van der Waals surface area contributed by atoms with Gasteiger partial charge in [-0.25, -0.2) is 14.6 Å². The molecule has 1 aliphatic rings. The van der Waals surface area contributed by atoms with Crippen LogP contribution in [-0.4, -0.2) is 31.1 Å². The van der Waals surface area contributed by atoms with E-state index in [0.29, 0.717) is 28.1 Å². The third-order valence-corrected chi connectivity index (χ3v) is 5.14. The fourth-order valence-electron chi connectivity index (χ4n) is 3.56. The van der Waals surface area contributed by atoms with Gasteiger partial charge in [0.15, 0.2) is 0 Å². The predicted molar refractivity (Wildman–Crippen MR) is 107 cm³/mol. The second-order valence-corrected chi connectivity index (χ2v) is 7.04. The van der Waals surface area contributed by atoms with Gasteiger partial charge in [0.05, 0.1) is 36.8 Å². The zero-order chi connectivity index (χ0) is 20.6. The molecule has 0 unspecified atom stereocenters. The van der Waals surface area contributed by atoms with E-state index in [9.17, 15) is 9.59 Å². The normalized spacial score (nSPS) is 14.9. The molecule has 0 fully saturated rings. The molecule has 6 nitrogen and oxygen atoms in total. The van der Waals surface area contributed by atoms with Gasteiger partial charge in [-0.3, -0.25) is 0 Å². The van der Waals surface area contributed by atoms with Gasteiger partial charge in [0, 0.05) is 22.3 Å². The summed E-state index contributed by atoms with van der Waals surface area (Å²) in [4.78, 5) is 29.7. The van der Waals surface area contributed by atoms with Crippen LogP contribution in [0.4, 0.5) is 0 Å². The largest absolute Gasteiger partial charge is 0.466 e. The predicted octanol–water partition coefficient (Wildman–Crippen LogP) is 3.78. The molecule has 2 heterocycles. The standard InChI is InChI=1S/C21H21ClN2O4/c1-10-6-7-15-13(8-10)9-14(19(22)24-15)18-16(20(25)27-4)11(2)23-12(3)17(18)21(26)28-5/h6-9,18,23H,1-5H3. The summed E-state index contributed by atoms with van der Waals surface area (Å²) in [6.45, 7) is 5.48. The minimum Gasteiger partial charge on any atom is -0.466 e. The Kier molecular flexibility index (Phi) is 5.42. The van der Waals surface area contributed by atoms with Crippen LogP contribution >= 0.6 is 11.6 Å². The molecule has 28 heavy (non-hydrogen) atoms. The highest BCUT2D eigenvalue weighted by molar-refractivity contribution is 6.31. The van der Waals surface area contributed by atoms with Crippen molar-refractivity contribution < 1.29 is 19.1 Å². The number of benzene rings is 1. The van der Waals surface area contributed by atoms with E-state index in [1.54, 1.807) is 13.8 Å². The van der Waals surface area contributed by atoms with E-state index in [0.717, 1.165) is 16.5 Å². The Bertz CT molecular complexity index is 1020. The van der Waals surface area contributed by atoms with E-state index in [-0.39, 0.29) is 5.15 Å². The van der Waals surface area contributed by atoms with Crippen LogP contribution in [0.2, 0.25) is 5.15 Å². The number of carbonyl (C=O) groups is 2. The summed E-state index contributed by atoms with van der Waals surface area (Å²) in [6.07, 6.45) is 0. The maximum Gasteiger partial charge on any atom is 0.336 e. The van der Waals surface area contributed by atoms with Gasteiger partial charge in [-0.1, -0.05) is 23.2 Å². The number of nitrogens with one attached hydrogen (secondary N) is 1. The summed E-state index contributed by atoms with van der Waals surface area (Å²) >= 11 is 6.52. The number of nitrogens with zero attached hydrogens (tertiary/aromatic N) is 1. The molecule has 3 rings (SSSR count). The van der Waals surface area contributed by atoms with Gasteiger partial charge in [-0.15, -0.1) is 0 Å². The van der Waals surface area contributed by atoms with Crippen LogP contribution in [0.25, 0.3) is 10.9 Å². The van der Waals surface area contributed by atoms with Crippen LogP contribution in [0.3, 0.4) is 0 Å². The smallest absolute Gasteiger partial charge is 0.336 e. The molecule has 2 aromatic rings. The van der Waals surface area contributed by atoms with Crippen molar-refractivity contribution in [3.8, 4) is 0 Å². The van der Waals surface area contributed by atoms with Crippen LogP contribution in [0.1, 0.15) is 30.9 Å². The number of fused-ring (bicyclic) bond motifs is 1. The van der Waals surface area contributed by atoms with Crippen LogP contribution < -0.4 is 5.32 Å². The molecule has 0 atom stereocenters. The van der Waals surface area contributed by atoms with Gasteiger partial charge >= 0.3 is 11.9 Å². The van der Waals surface area contributed by atoms with Crippen molar-refractivity contribution >= 4 is 34.4 Å². The lowest BCUT2D eigenvalue weighted by Crippen LogP contribution is -2.32. The Hall–Kier alpha value is -2.86. The minimum atomic E-state index is -0.758. The summed E-state index contributed by atoms with van der Waals surface area (Å²) in [7, 11) is 2.60. The molecule has 0 bridgehead atoms. The molecular weight excluding hydrogens is 380 g/mol. The Morgan fingerprint density at radius 3 is 2.11 bits per heavy atom. The van der Waals surface area contributed by atoms with Crippen molar-refractivity contribution in [1.82, 2.24) is 10.3 Å². The molecule has 0 saturated heterocycles. The monoisotopic (exact) mass is 400 g/mol. The quantitative estimate of drug-likeness (QED) is 0.624. The van der Waals surface area contributed by atoms with Crippen molar-refractivity contribution in [2.24, 2.45) is 0 Å². The molecule has 0 aliphatic carbocycles. The molecular formula is C21H21ClN2O4. The molecule has 7 heteroatoms. The lowest BCUT2D eigenvalue weighted by Gasteiger charge is -2.30. The fourth-order valence-corrected chi connectivity index (χ4v) is 3.81. The summed E-state index contributed by atoms with van der Waals surface area (Å²) in [5.74, 6) is -1.86. The van der Waals surface area contributed by atoms with E-state index in [2.05, 4.69) is 10.3 Å². The first-order valence-corrected chi connectivity index (χ1v) is 9.08. The summed E-state index contributed by atoms with van der Waals surface area (Å²) < 4.78 is 9.96. The van der Waals surface area contributed by atoms with Crippen LogP contribution in [-0.2, 0) is 19.1 Å². The molecule has 1 aliphatic heterocycles. The number of pyridine rings is 1. The lowest BCUT2D eigenvalue weighted by atomic mass is 9.80. The highest BCUT2D eigenvalue weighted by Gasteiger charge is 2.39. The maximum atomic E-state index is 12.6. The number of methoxy groups -OCH3 is 2. The molecule has 1 aromatic carbocycles. The summed E-state index contributed by atoms with van der Waals surface area (Å²) in [5.41, 5.74) is 4.10. The maximum absolute atomic E-state index is 12.6. The van der Waals surface area contributed by atoms with Gasteiger partial charge in [0.2, 0.25) is 0 Å². The van der Waals surface area contributed by atoms with Gasteiger partial charge in [-0.05, 0) is 39.0 Å². The van der Waals surface area contributed by atoms with Crippen molar-refractivity contribution in [2.75, 3.05) is 14.2 Å². The molecule has 0 radical (unpaired) electrons. The highest BCUT2D eigenvalue weighted by Crippen LogP contribution is 2.42. The van der Waals surface area contributed by atoms with Crippen molar-refractivity contribution in [3.05, 3.63) is 63.1 Å². The Morgan fingerprint density at radius 1 is 1.00 bits per heavy atom. The third kappa shape index (κ3) is 3.36. The second kappa shape index (κ2) is 7.64. The van der Waals surface area contributed by atoms with Crippen LogP contribution in [0.15, 0.2) is 46.8 Å². The zero-order valence-corrected chi connectivity index (χ0v) is 17.1. The third-order valence-electron chi connectivity index (χ3n) is 4.83. The molecule has 1 N–H and O–H groups in total. The Labute approximate surface area is 168 Å². The first-order valence-electron chi connectivity index (χ1n) is 8.70. The number of aryl methyl sites for hydroxylation is 1. The zero-order valence-electron chi connectivity index (χ0n) is 16.3. The van der Waals surface area contributed by atoms with Gasteiger partial charge in [0.25, 0.3) is 0 Å². The molecule has 1 aromatic heterocycles. The number of halogens is 1. The SMILES string of the molecule is COC(=O)C1=C(C)NC(C)=C(C(=O)OC)C1c1cc2cc(C)ccc2nc1Cl. The Balaban J connectivity index is 2.33. The molecule has 0 amide bonds. The Morgan fingerprint density at radius 2 is 1.57 bits per heavy atom. The van der Waals surface area contributed by atoms with Gasteiger partial charge in [-0.2, -0.15) is 0 Å². The molecule has 0 spiro atoms. The fraction of sp³-hybridized carbons (Fsp3) is 0.286. The van der Waals surface area contributed by atoms with Gasteiger partial charge in [0.1, 0.15) is 5.15 Å². The van der Waals surface area contributed by atoms with E-state index in [1.165, 1.54) is 14.2 Å². The number of esters is 2. The number of aromatic nitrogens is 1. The van der Waals surface area contributed by atoms with E-state index in [4.69, 9.17) is 21.1 Å². The number of allylic oxidation sites excluding steroid dienone is 2. The highest BCUT2D eigenvalue weighted by atomic mass is 35.5. The van der Waals surface area contributed by atoms with Crippen molar-refractivity contribution in [3.63, 3.8) is 0 Å². The number of carbonyl (C=O) groups excluding carboxylic acids is 2. The number of hydrogen-bond acceptors (Lipinski definition) is 6. The number of rotatable bonds is 3. The van der Waals surface area contributed by atoms with Crippen LogP contribution in [0.5, 0.6) is 0 Å². The van der Waals surface area contributed by atoms with Crippen molar-refractivity contribution in [1.29, 1.82) is 0 Å². The summed E-state index contributed by atoms with van der Waals surface area (Å²) in [5, 5.41) is 4.15.